The number of methoxy groups -OCH3 is 1. The molecule has 0 saturated heterocycles. The molecule has 112 valence electrons. The Morgan fingerprint density at radius 3 is 2.38 bits per heavy atom. The van der Waals surface area contributed by atoms with E-state index < -0.39 is 9.84 Å². The first-order valence-corrected chi connectivity index (χ1v) is 9.17. The molecule has 0 aliphatic rings. The fourth-order valence-corrected chi connectivity index (χ4v) is 4.37. The third-order valence-corrected chi connectivity index (χ3v) is 5.60. The average Bonchev–Trinajstić information content (AvgIpc) is 2.41. The molecular formula is C14H13Br2NO3S. The second-order valence-electron chi connectivity index (χ2n) is 4.40. The number of hydrogen-bond acceptors (Lipinski definition) is 4. The summed E-state index contributed by atoms with van der Waals surface area (Å²) in [7, 11) is -2.06. The van der Waals surface area contributed by atoms with Gasteiger partial charge in [-0.2, -0.15) is 0 Å². The zero-order valence-electron chi connectivity index (χ0n) is 11.1. The van der Waals surface area contributed by atoms with Crippen LogP contribution in [0.5, 0.6) is 5.75 Å². The number of rotatable bonds is 4. The number of ether oxygens (including phenoxy) is 1. The number of sulfone groups is 1. The molecule has 0 heterocycles. The van der Waals surface area contributed by atoms with E-state index in [1.54, 1.807) is 30.3 Å². The average molecular weight is 435 g/mol. The molecule has 0 bridgehead atoms. The van der Waals surface area contributed by atoms with Gasteiger partial charge in [-0.1, -0.05) is 31.9 Å². The van der Waals surface area contributed by atoms with E-state index in [0.717, 1.165) is 4.47 Å². The standard InChI is InChI=1S/C14H13Br2NO3S/c1-20-13-5-3-10(15)6-9(13)8-21(18,19)14-7-11(16)2-4-12(14)17/h2-7H,8,17H2,1H3. The number of benzene rings is 2. The van der Waals surface area contributed by atoms with Crippen LogP contribution in [0.15, 0.2) is 50.2 Å². The second kappa shape index (κ2) is 6.37. The van der Waals surface area contributed by atoms with Crippen LogP contribution in [0.4, 0.5) is 5.69 Å². The normalized spacial score (nSPS) is 11.4. The third kappa shape index (κ3) is 3.78. The molecule has 2 aromatic rings. The van der Waals surface area contributed by atoms with Crippen LogP contribution in [0.25, 0.3) is 0 Å². The molecule has 2 rings (SSSR count). The molecule has 21 heavy (non-hydrogen) atoms. The fourth-order valence-electron chi connectivity index (χ4n) is 1.92. The summed E-state index contributed by atoms with van der Waals surface area (Å²) in [5.41, 5.74) is 6.59. The number of anilines is 1. The van der Waals surface area contributed by atoms with Crippen molar-refractivity contribution in [3.63, 3.8) is 0 Å². The molecule has 2 aromatic carbocycles. The predicted molar refractivity (Wildman–Crippen MR) is 90.1 cm³/mol. The summed E-state index contributed by atoms with van der Waals surface area (Å²) in [6, 6.07) is 10.0. The van der Waals surface area contributed by atoms with Gasteiger partial charge in [0.1, 0.15) is 5.75 Å². The second-order valence-corrected chi connectivity index (χ2v) is 8.19. The van der Waals surface area contributed by atoms with Gasteiger partial charge in [0.2, 0.25) is 0 Å². The predicted octanol–water partition coefficient (Wildman–Crippen LogP) is 3.78. The lowest BCUT2D eigenvalue weighted by Crippen LogP contribution is -2.09. The van der Waals surface area contributed by atoms with E-state index in [0.29, 0.717) is 15.8 Å². The quantitative estimate of drug-likeness (QED) is 0.743. The van der Waals surface area contributed by atoms with E-state index in [9.17, 15) is 8.42 Å². The summed E-state index contributed by atoms with van der Waals surface area (Å²) in [4.78, 5) is 0.110. The molecule has 0 fully saturated rings. The number of nitrogen functional groups attached to an aromatic ring is 1. The van der Waals surface area contributed by atoms with Gasteiger partial charge in [-0.15, -0.1) is 0 Å². The summed E-state index contributed by atoms with van der Waals surface area (Å²) >= 11 is 6.59. The lowest BCUT2D eigenvalue weighted by atomic mass is 10.2. The van der Waals surface area contributed by atoms with Gasteiger partial charge in [-0.05, 0) is 36.4 Å². The van der Waals surface area contributed by atoms with Crippen molar-refractivity contribution in [2.45, 2.75) is 10.6 Å². The van der Waals surface area contributed by atoms with E-state index in [1.807, 2.05) is 0 Å². The third-order valence-electron chi connectivity index (χ3n) is 2.90. The van der Waals surface area contributed by atoms with Crippen LogP contribution in [0.2, 0.25) is 0 Å². The molecule has 0 unspecified atom stereocenters. The summed E-state index contributed by atoms with van der Waals surface area (Å²) in [5.74, 6) is 0.339. The molecule has 4 nitrogen and oxygen atoms in total. The van der Waals surface area contributed by atoms with Gasteiger partial charge in [0.05, 0.1) is 23.4 Å². The van der Waals surface area contributed by atoms with Crippen molar-refractivity contribution in [1.82, 2.24) is 0 Å². The monoisotopic (exact) mass is 433 g/mol. The molecule has 7 heteroatoms. The number of hydrogen-bond donors (Lipinski definition) is 1. The van der Waals surface area contributed by atoms with Crippen molar-refractivity contribution in [2.75, 3.05) is 12.8 Å². The first-order chi connectivity index (χ1) is 9.83. The molecule has 0 saturated carbocycles. The minimum atomic E-state index is -3.57. The van der Waals surface area contributed by atoms with Crippen molar-refractivity contribution < 1.29 is 13.2 Å². The zero-order chi connectivity index (χ0) is 15.6. The lowest BCUT2D eigenvalue weighted by Gasteiger charge is -2.11. The Balaban J connectivity index is 2.47. The minimum Gasteiger partial charge on any atom is -0.496 e. The SMILES string of the molecule is COc1ccc(Br)cc1CS(=O)(=O)c1cc(Br)ccc1N. The molecule has 2 N–H and O–H groups in total. The van der Waals surface area contributed by atoms with Crippen LogP contribution in [0.1, 0.15) is 5.56 Å². The molecule has 0 aliphatic carbocycles. The molecule has 0 aromatic heterocycles. The Hall–Kier alpha value is -1.05. The Labute approximate surface area is 140 Å². The highest BCUT2D eigenvalue weighted by molar-refractivity contribution is 9.10. The zero-order valence-corrected chi connectivity index (χ0v) is 15.1. The number of nitrogens with two attached hydrogens (primary N) is 1. The Bertz CT molecular complexity index is 776. The summed E-state index contributed by atoms with van der Waals surface area (Å²) in [6.07, 6.45) is 0. The van der Waals surface area contributed by atoms with E-state index in [2.05, 4.69) is 31.9 Å². The maximum absolute atomic E-state index is 12.6. The van der Waals surface area contributed by atoms with Crippen LogP contribution < -0.4 is 10.5 Å². The highest BCUT2D eigenvalue weighted by atomic mass is 79.9. The van der Waals surface area contributed by atoms with Gasteiger partial charge in [0, 0.05) is 14.5 Å². The van der Waals surface area contributed by atoms with Gasteiger partial charge in [-0.3, -0.25) is 0 Å². The van der Waals surface area contributed by atoms with Gasteiger partial charge in [0.15, 0.2) is 9.84 Å². The Morgan fingerprint density at radius 1 is 1.10 bits per heavy atom. The van der Waals surface area contributed by atoms with E-state index >= 15 is 0 Å². The lowest BCUT2D eigenvalue weighted by molar-refractivity contribution is 0.411. The maximum atomic E-state index is 12.6. The summed E-state index contributed by atoms with van der Waals surface area (Å²) in [5, 5.41) is 0. The first kappa shape index (κ1) is 16.3. The van der Waals surface area contributed by atoms with Crippen LogP contribution in [-0.4, -0.2) is 15.5 Å². The largest absolute Gasteiger partial charge is 0.496 e. The molecule has 0 amide bonds. The van der Waals surface area contributed by atoms with Crippen molar-refractivity contribution >= 4 is 47.4 Å². The van der Waals surface area contributed by atoms with Crippen molar-refractivity contribution in [2.24, 2.45) is 0 Å². The van der Waals surface area contributed by atoms with Crippen molar-refractivity contribution in [3.05, 3.63) is 50.9 Å². The summed E-state index contributed by atoms with van der Waals surface area (Å²) in [6.45, 7) is 0. The van der Waals surface area contributed by atoms with Crippen LogP contribution in [0.3, 0.4) is 0 Å². The Morgan fingerprint density at radius 2 is 1.71 bits per heavy atom. The van der Waals surface area contributed by atoms with Gasteiger partial charge in [0.25, 0.3) is 0 Å². The minimum absolute atomic E-state index is 0.110. The molecule has 0 spiro atoms. The highest BCUT2D eigenvalue weighted by Gasteiger charge is 2.21. The molecule has 0 aliphatic heterocycles. The molecule has 0 atom stereocenters. The van der Waals surface area contributed by atoms with Crippen molar-refractivity contribution in [3.8, 4) is 5.75 Å². The molecule has 0 radical (unpaired) electrons. The van der Waals surface area contributed by atoms with Crippen LogP contribution in [-0.2, 0) is 15.6 Å². The fraction of sp³-hybridized carbons (Fsp3) is 0.143. The van der Waals surface area contributed by atoms with E-state index in [4.69, 9.17) is 10.5 Å². The van der Waals surface area contributed by atoms with Crippen LogP contribution >= 0.6 is 31.9 Å². The maximum Gasteiger partial charge on any atom is 0.184 e. The Kier molecular flexibility index (Phi) is 4.95. The first-order valence-electron chi connectivity index (χ1n) is 5.93. The van der Waals surface area contributed by atoms with Gasteiger partial charge in [-0.25, -0.2) is 8.42 Å². The summed E-state index contributed by atoms with van der Waals surface area (Å²) < 4.78 is 31.8. The number of halogens is 2. The topological polar surface area (TPSA) is 69.4 Å². The molecular weight excluding hydrogens is 422 g/mol. The van der Waals surface area contributed by atoms with E-state index in [1.165, 1.54) is 13.2 Å². The highest BCUT2D eigenvalue weighted by Crippen LogP contribution is 2.30. The van der Waals surface area contributed by atoms with Crippen molar-refractivity contribution in [1.29, 1.82) is 0 Å². The van der Waals surface area contributed by atoms with Gasteiger partial charge >= 0.3 is 0 Å². The van der Waals surface area contributed by atoms with Crippen LogP contribution in [0, 0.1) is 0 Å². The van der Waals surface area contributed by atoms with Gasteiger partial charge < -0.3 is 10.5 Å². The smallest absolute Gasteiger partial charge is 0.184 e. The van der Waals surface area contributed by atoms with E-state index in [-0.39, 0.29) is 16.3 Å².